The third kappa shape index (κ3) is 4.53. The minimum atomic E-state index is 0.277. The molecule has 0 amide bonds. The molecule has 0 fully saturated rings. The average molecular weight is 273 g/mol. The Bertz CT molecular complexity index is 305. The molecule has 0 saturated carbocycles. The molecule has 0 atom stereocenters. The minimum Gasteiger partial charge on any atom is -0.397 e. The lowest BCUT2D eigenvalue weighted by Gasteiger charge is -2.09. The van der Waals surface area contributed by atoms with E-state index in [2.05, 4.69) is 21.2 Å². The van der Waals surface area contributed by atoms with Crippen LogP contribution in [0.4, 0.5) is 11.4 Å². The summed E-state index contributed by atoms with van der Waals surface area (Å²) in [6.07, 6.45) is 2.96. The van der Waals surface area contributed by atoms with E-state index >= 15 is 0 Å². The summed E-state index contributed by atoms with van der Waals surface area (Å²) in [6, 6.07) is 5.77. The lowest BCUT2D eigenvalue weighted by molar-refractivity contribution is 0.283. The third-order valence-corrected chi connectivity index (χ3v) is 2.66. The second-order valence-electron chi connectivity index (χ2n) is 3.44. The van der Waals surface area contributed by atoms with Gasteiger partial charge in [0.05, 0.1) is 11.4 Å². The first-order valence-electron chi connectivity index (χ1n) is 5.14. The Morgan fingerprint density at radius 3 is 2.80 bits per heavy atom. The molecule has 84 valence electrons. The van der Waals surface area contributed by atoms with Crippen LogP contribution in [0, 0.1) is 0 Å². The molecule has 0 unspecified atom stereocenters. The van der Waals surface area contributed by atoms with Gasteiger partial charge in [0.15, 0.2) is 0 Å². The van der Waals surface area contributed by atoms with Crippen LogP contribution in [0.3, 0.4) is 0 Å². The first-order valence-corrected chi connectivity index (χ1v) is 5.93. The van der Waals surface area contributed by atoms with E-state index < -0.39 is 0 Å². The number of unbranched alkanes of at least 4 members (excludes halogenated alkanes) is 2. The number of nitrogen functional groups attached to an aromatic ring is 1. The Morgan fingerprint density at radius 2 is 2.07 bits per heavy atom. The third-order valence-electron chi connectivity index (χ3n) is 2.17. The van der Waals surface area contributed by atoms with E-state index in [1.165, 1.54) is 0 Å². The predicted octanol–water partition coefficient (Wildman–Crippen LogP) is 2.61. The molecular weight excluding hydrogens is 256 g/mol. The fourth-order valence-corrected chi connectivity index (χ4v) is 1.68. The van der Waals surface area contributed by atoms with Gasteiger partial charge < -0.3 is 16.2 Å². The molecule has 0 heterocycles. The first-order chi connectivity index (χ1) is 7.24. The zero-order valence-electron chi connectivity index (χ0n) is 8.67. The van der Waals surface area contributed by atoms with Gasteiger partial charge in [0.25, 0.3) is 0 Å². The molecule has 1 rings (SSSR count). The monoisotopic (exact) mass is 272 g/mol. The normalized spacial score (nSPS) is 10.3. The van der Waals surface area contributed by atoms with Crippen LogP contribution in [0.15, 0.2) is 22.7 Å². The molecule has 0 aromatic heterocycles. The summed E-state index contributed by atoms with van der Waals surface area (Å²) < 4.78 is 1.02. The topological polar surface area (TPSA) is 58.3 Å². The molecule has 1 aromatic carbocycles. The van der Waals surface area contributed by atoms with Crippen LogP contribution in [-0.4, -0.2) is 18.3 Å². The smallest absolute Gasteiger partial charge is 0.0585 e. The number of aliphatic hydroxyl groups excluding tert-OH is 1. The van der Waals surface area contributed by atoms with Crippen LogP contribution >= 0.6 is 15.9 Å². The van der Waals surface area contributed by atoms with Gasteiger partial charge in [-0.2, -0.15) is 0 Å². The number of hydrogen-bond acceptors (Lipinski definition) is 3. The Balaban J connectivity index is 2.33. The lowest BCUT2D eigenvalue weighted by atomic mass is 10.2. The molecule has 0 aliphatic carbocycles. The summed E-state index contributed by atoms with van der Waals surface area (Å²) in [4.78, 5) is 0. The van der Waals surface area contributed by atoms with Crippen LogP contribution in [0.5, 0.6) is 0 Å². The number of benzene rings is 1. The van der Waals surface area contributed by atoms with E-state index in [0.717, 1.165) is 41.7 Å². The van der Waals surface area contributed by atoms with Crippen molar-refractivity contribution in [3.8, 4) is 0 Å². The van der Waals surface area contributed by atoms with Crippen molar-refractivity contribution in [1.29, 1.82) is 0 Å². The zero-order valence-corrected chi connectivity index (χ0v) is 10.3. The van der Waals surface area contributed by atoms with Gasteiger partial charge in [-0.15, -0.1) is 0 Å². The summed E-state index contributed by atoms with van der Waals surface area (Å²) >= 11 is 3.40. The molecular formula is C11H17BrN2O. The molecule has 1 aromatic rings. The maximum Gasteiger partial charge on any atom is 0.0585 e. The van der Waals surface area contributed by atoms with Crippen molar-refractivity contribution in [2.24, 2.45) is 0 Å². The van der Waals surface area contributed by atoms with Crippen molar-refractivity contribution in [2.75, 3.05) is 24.2 Å². The van der Waals surface area contributed by atoms with Gasteiger partial charge in [-0.3, -0.25) is 0 Å². The molecule has 0 aliphatic rings. The van der Waals surface area contributed by atoms with Crippen molar-refractivity contribution in [3.05, 3.63) is 22.7 Å². The lowest BCUT2D eigenvalue weighted by Crippen LogP contribution is -2.04. The zero-order chi connectivity index (χ0) is 11.1. The van der Waals surface area contributed by atoms with Crippen molar-refractivity contribution < 1.29 is 5.11 Å². The van der Waals surface area contributed by atoms with E-state index in [4.69, 9.17) is 10.8 Å². The molecule has 0 bridgehead atoms. The number of nitrogens with two attached hydrogens (primary N) is 1. The SMILES string of the molecule is Nc1ccc(Br)cc1NCCCCCO. The van der Waals surface area contributed by atoms with Crippen LogP contribution < -0.4 is 11.1 Å². The summed E-state index contributed by atoms with van der Waals surface area (Å²) in [6.45, 7) is 1.17. The second kappa shape index (κ2) is 6.69. The number of hydrogen-bond donors (Lipinski definition) is 3. The maximum absolute atomic E-state index is 8.62. The van der Waals surface area contributed by atoms with Gasteiger partial charge in [0.1, 0.15) is 0 Å². The minimum absolute atomic E-state index is 0.277. The van der Waals surface area contributed by atoms with Gasteiger partial charge in [-0.05, 0) is 37.5 Å². The number of anilines is 2. The highest BCUT2D eigenvalue weighted by molar-refractivity contribution is 9.10. The quantitative estimate of drug-likeness (QED) is 0.551. The summed E-state index contributed by atoms with van der Waals surface area (Å²) in [7, 11) is 0. The van der Waals surface area contributed by atoms with E-state index in [-0.39, 0.29) is 6.61 Å². The van der Waals surface area contributed by atoms with Gasteiger partial charge in [0.2, 0.25) is 0 Å². The number of aliphatic hydroxyl groups is 1. The maximum atomic E-state index is 8.62. The molecule has 0 saturated heterocycles. The molecule has 0 radical (unpaired) electrons. The van der Waals surface area contributed by atoms with Gasteiger partial charge >= 0.3 is 0 Å². The Labute approximate surface area is 98.8 Å². The van der Waals surface area contributed by atoms with Gasteiger partial charge in [-0.1, -0.05) is 15.9 Å². The molecule has 4 N–H and O–H groups in total. The van der Waals surface area contributed by atoms with E-state index in [1.54, 1.807) is 0 Å². The summed E-state index contributed by atoms with van der Waals surface area (Å²) in [5, 5.41) is 11.9. The largest absolute Gasteiger partial charge is 0.397 e. The van der Waals surface area contributed by atoms with Crippen LogP contribution in [0.2, 0.25) is 0 Å². The molecule has 0 spiro atoms. The fraction of sp³-hybridized carbons (Fsp3) is 0.455. The summed E-state index contributed by atoms with van der Waals surface area (Å²) in [5.41, 5.74) is 7.54. The number of rotatable bonds is 6. The average Bonchev–Trinajstić information content (AvgIpc) is 2.23. The Morgan fingerprint density at radius 1 is 1.27 bits per heavy atom. The Hall–Kier alpha value is -0.740. The number of halogens is 1. The number of nitrogens with one attached hydrogen (secondary N) is 1. The molecule has 15 heavy (non-hydrogen) atoms. The van der Waals surface area contributed by atoms with Crippen molar-refractivity contribution >= 4 is 27.3 Å². The van der Waals surface area contributed by atoms with Crippen molar-refractivity contribution in [2.45, 2.75) is 19.3 Å². The molecule has 4 heteroatoms. The van der Waals surface area contributed by atoms with E-state index in [9.17, 15) is 0 Å². The predicted molar refractivity (Wildman–Crippen MR) is 68.0 cm³/mol. The first kappa shape index (κ1) is 12.3. The molecule has 0 aliphatic heterocycles. The standard InChI is InChI=1S/C11H17BrN2O/c12-9-4-5-10(13)11(8-9)14-6-2-1-3-7-15/h4-5,8,14-15H,1-3,6-7,13H2. The van der Waals surface area contributed by atoms with E-state index in [0.29, 0.717) is 0 Å². The van der Waals surface area contributed by atoms with Gasteiger partial charge in [0, 0.05) is 17.6 Å². The van der Waals surface area contributed by atoms with Crippen LogP contribution in [-0.2, 0) is 0 Å². The Kier molecular flexibility index (Phi) is 5.50. The van der Waals surface area contributed by atoms with Crippen LogP contribution in [0.25, 0.3) is 0 Å². The van der Waals surface area contributed by atoms with Crippen LogP contribution in [0.1, 0.15) is 19.3 Å². The van der Waals surface area contributed by atoms with E-state index in [1.807, 2.05) is 18.2 Å². The van der Waals surface area contributed by atoms with Gasteiger partial charge in [-0.25, -0.2) is 0 Å². The highest BCUT2D eigenvalue weighted by atomic mass is 79.9. The van der Waals surface area contributed by atoms with Crippen molar-refractivity contribution in [1.82, 2.24) is 0 Å². The highest BCUT2D eigenvalue weighted by Gasteiger charge is 1.98. The van der Waals surface area contributed by atoms with Crippen molar-refractivity contribution in [3.63, 3.8) is 0 Å². The fourth-order valence-electron chi connectivity index (χ4n) is 1.32. The highest BCUT2D eigenvalue weighted by Crippen LogP contribution is 2.23. The summed E-state index contributed by atoms with van der Waals surface area (Å²) in [5.74, 6) is 0. The second-order valence-corrected chi connectivity index (χ2v) is 4.36. The molecule has 3 nitrogen and oxygen atoms in total.